The highest BCUT2D eigenvalue weighted by atomic mass is 16.5. The molecule has 0 aliphatic carbocycles. The van der Waals surface area contributed by atoms with Gasteiger partial charge in [0.1, 0.15) is 11.9 Å². The van der Waals surface area contributed by atoms with Crippen LogP contribution in [0.3, 0.4) is 0 Å². The Balaban J connectivity index is 2.83. The van der Waals surface area contributed by atoms with E-state index in [2.05, 4.69) is 0 Å². The third kappa shape index (κ3) is 2.84. The first kappa shape index (κ1) is 11.8. The number of methoxy groups -OCH3 is 1. The van der Waals surface area contributed by atoms with Gasteiger partial charge < -0.3 is 20.3 Å². The van der Waals surface area contributed by atoms with Crippen LogP contribution >= 0.6 is 0 Å². The monoisotopic (exact) mass is 211 g/mol. The predicted molar refractivity (Wildman–Crippen MR) is 58.9 cm³/mol. The topological polar surface area (TPSA) is 64.7 Å². The van der Waals surface area contributed by atoms with Crippen LogP contribution in [0.25, 0.3) is 0 Å². The summed E-state index contributed by atoms with van der Waals surface area (Å²) in [5.74, 6) is 0.572. The number of hydrogen-bond acceptors (Lipinski definition) is 4. The van der Waals surface area contributed by atoms with Crippen molar-refractivity contribution in [3.05, 3.63) is 23.8 Å². The van der Waals surface area contributed by atoms with Gasteiger partial charge in [-0.1, -0.05) is 12.1 Å². The zero-order chi connectivity index (χ0) is 11.3. The van der Waals surface area contributed by atoms with E-state index in [9.17, 15) is 5.11 Å². The zero-order valence-corrected chi connectivity index (χ0v) is 9.06. The molecule has 1 aromatic carbocycles. The van der Waals surface area contributed by atoms with Gasteiger partial charge in [0.05, 0.1) is 19.4 Å². The molecule has 0 aliphatic heterocycles. The van der Waals surface area contributed by atoms with Gasteiger partial charge in [0, 0.05) is 12.2 Å². The van der Waals surface area contributed by atoms with Gasteiger partial charge in [0.15, 0.2) is 0 Å². The zero-order valence-electron chi connectivity index (χ0n) is 9.06. The van der Waals surface area contributed by atoms with E-state index in [-0.39, 0.29) is 6.61 Å². The van der Waals surface area contributed by atoms with E-state index >= 15 is 0 Å². The molecule has 3 N–H and O–H groups in total. The number of benzene rings is 1. The number of nitrogens with two attached hydrogens (primary N) is 1. The van der Waals surface area contributed by atoms with E-state index in [1.54, 1.807) is 25.3 Å². The fourth-order valence-electron chi connectivity index (χ4n) is 1.35. The lowest BCUT2D eigenvalue weighted by Gasteiger charge is -2.15. The maximum absolute atomic E-state index is 9.79. The summed E-state index contributed by atoms with van der Waals surface area (Å²) in [5, 5.41) is 9.79. The molecule has 1 unspecified atom stereocenters. The summed E-state index contributed by atoms with van der Waals surface area (Å²) in [6.07, 6.45) is -0.708. The van der Waals surface area contributed by atoms with Crippen LogP contribution in [0.5, 0.6) is 5.75 Å². The van der Waals surface area contributed by atoms with Crippen LogP contribution in [0.4, 0.5) is 5.69 Å². The molecule has 0 aromatic heterocycles. The van der Waals surface area contributed by atoms with E-state index in [1.807, 2.05) is 6.92 Å². The molecule has 0 fully saturated rings. The van der Waals surface area contributed by atoms with Gasteiger partial charge in [0.2, 0.25) is 0 Å². The Morgan fingerprint density at radius 2 is 2.20 bits per heavy atom. The van der Waals surface area contributed by atoms with Crippen LogP contribution in [-0.2, 0) is 4.74 Å². The van der Waals surface area contributed by atoms with Crippen molar-refractivity contribution in [3.63, 3.8) is 0 Å². The van der Waals surface area contributed by atoms with Gasteiger partial charge in [-0.05, 0) is 13.0 Å². The van der Waals surface area contributed by atoms with Gasteiger partial charge in [-0.15, -0.1) is 0 Å². The quantitative estimate of drug-likeness (QED) is 0.721. The second-order valence-electron chi connectivity index (χ2n) is 3.14. The molecular weight excluding hydrogens is 194 g/mol. The van der Waals surface area contributed by atoms with Crippen molar-refractivity contribution >= 4 is 5.69 Å². The van der Waals surface area contributed by atoms with Crippen molar-refractivity contribution < 1.29 is 14.6 Å². The Labute approximate surface area is 89.6 Å². The van der Waals surface area contributed by atoms with Gasteiger partial charge in [-0.25, -0.2) is 0 Å². The molecule has 0 amide bonds. The highest BCUT2D eigenvalue weighted by Crippen LogP contribution is 2.29. The smallest absolute Gasteiger partial charge is 0.142 e. The summed E-state index contributed by atoms with van der Waals surface area (Å²) in [6.45, 7) is 2.69. The SMILES string of the molecule is CCOCC(O)c1cccc(OC)c1N. The first-order chi connectivity index (χ1) is 7.20. The minimum Gasteiger partial charge on any atom is -0.495 e. The van der Waals surface area contributed by atoms with Crippen LogP contribution in [0.2, 0.25) is 0 Å². The average molecular weight is 211 g/mol. The maximum Gasteiger partial charge on any atom is 0.142 e. The molecule has 0 bridgehead atoms. The van der Waals surface area contributed by atoms with Crippen molar-refractivity contribution in [1.82, 2.24) is 0 Å². The van der Waals surface area contributed by atoms with E-state index in [0.29, 0.717) is 23.6 Å². The lowest BCUT2D eigenvalue weighted by atomic mass is 10.1. The molecule has 15 heavy (non-hydrogen) atoms. The molecule has 4 heteroatoms. The number of para-hydroxylation sites is 1. The van der Waals surface area contributed by atoms with Crippen LogP contribution in [-0.4, -0.2) is 25.4 Å². The number of ether oxygens (including phenoxy) is 2. The predicted octanol–water partition coefficient (Wildman–Crippen LogP) is 1.35. The Hall–Kier alpha value is -1.26. The van der Waals surface area contributed by atoms with Crippen LogP contribution in [0, 0.1) is 0 Å². The summed E-state index contributed by atoms with van der Waals surface area (Å²) in [6, 6.07) is 5.31. The highest BCUT2D eigenvalue weighted by molar-refractivity contribution is 5.59. The number of rotatable bonds is 5. The van der Waals surface area contributed by atoms with Gasteiger partial charge >= 0.3 is 0 Å². The van der Waals surface area contributed by atoms with Crippen molar-refractivity contribution in [3.8, 4) is 5.75 Å². The number of hydrogen-bond donors (Lipinski definition) is 2. The van der Waals surface area contributed by atoms with E-state index in [0.717, 1.165) is 0 Å². The molecular formula is C11H17NO3. The van der Waals surface area contributed by atoms with Crippen molar-refractivity contribution in [2.75, 3.05) is 26.1 Å². The first-order valence-corrected chi connectivity index (χ1v) is 4.88. The number of aliphatic hydroxyl groups excluding tert-OH is 1. The third-order valence-corrected chi connectivity index (χ3v) is 2.16. The minimum absolute atomic E-state index is 0.244. The maximum atomic E-state index is 9.79. The largest absolute Gasteiger partial charge is 0.495 e. The lowest BCUT2D eigenvalue weighted by Crippen LogP contribution is -2.10. The number of aliphatic hydroxyl groups is 1. The molecule has 0 heterocycles. The molecule has 1 aromatic rings. The van der Waals surface area contributed by atoms with E-state index in [4.69, 9.17) is 15.2 Å². The molecule has 0 spiro atoms. The lowest BCUT2D eigenvalue weighted by molar-refractivity contribution is 0.0423. The second-order valence-corrected chi connectivity index (χ2v) is 3.14. The number of anilines is 1. The van der Waals surface area contributed by atoms with Gasteiger partial charge in [-0.2, -0.15) is 0 Å². The normalized spacial score (nSPS) is 12.5. The molecule has 84 valence electrons. The molecule has 1 atom stereocenters. The summed E-state index contributed by atoms with van der Waals surface area (Å²) in [4.78, 5) is 0. The molecule has 0 radical (unpaired) electrons. The second kappa shape index (κ2) is 5.58. The Kier molecular flexibility index (Phi) is 4.39. The standard InChI is InChI=1S/C11H17NO3/c1-3-15-7-9(13)8-5-4-6-10(14-2)11(8)12/h4-6,9,13H,3,7,12H2,1-2H3. The Morgan fingerprint density at radius 1 is 1.47 bits per heavy atom. The Bertz CT molecular complexity index is 315. The summed E-state index contributed by atoms with van der Waals surface area (Å²) >= 11 is 0. The van der Waals surface area contributed by atoms with Crippen molar-refractivity contribution in [2.45, 2.75) is 13.0 Å². The molecule has 1 rings (SSSR count). The minimum atomic E-state index is -0.708. The summed E-state index contributed by atoms with van der Waals surface area (Å²) in [5.41, 5.74) is 6.93. The van der Waals surface area contributed by atoms with Crippen LogP contribution < -0.4 is 10.5 Å². The summed E-state index contributed by atoms with van der Waals surface area (Å²) < 4.78 is 10.2. The van der Waals surface area contributed by atoms with E-state index in [1.165, 1.54) is 0 Å². The first-order valence-electron chi connectivity index (χ1n) is 4.88. The van der Waals surface area contributed by atoms with Crippen LogP contribution in [0.1, 0.15) is 18.6 Å². The van der Waals surface area contributed by atoms with Crippen LogP contribution in [0.15, 0.2) is 18.2 Å². The van der Waals surface area contributed by atoms with Gasteiger partial charge in [-0.3, -0.25) is 0 Å². The average Bonchev–Trinajstić information content (AvgIpc) is 2.26. The number of nitrogen functional groups attached to an aromatic ring is 1. The van der Waals surface area contributed by atoms with Gasteiger partial charge in [0.25, 0.3) is 0 Å². The summed E-state index contributed by atoms with van der Waals surface area (Å²) in [7, 11) is 1.55. The highest BCUT2D eigenvalue weighted by Gasteiger charge is 2.13. The molecule has 0 aliphatic rings. The molecule has 0 saturated carbocycles. The van der Waals surface area contributed by atoms with Crippen molar-refractivity contribution in [1.29, 1.82) is 0 Å². The molecule has 0 saturated heterocycles. The van der Waals surface area contributed by atoms with Crippen molar-refractivity contribution in [2.24, 2.45) is 0 Å². The fraction of sp³-hybridized carbons (Fsp3) is 0.455. The Morgan fingerprint density at radius 3 is 2.80 bits per heavy atom. The van der Waals surface area contributed by atoms with E-state index < -0.39 is 6.10 Å². The third-order valence-electron chi connectivity index (χ3n) is 2.16. The molecule has 4 nitrogen and oxygen atoms in total. The fourth-order valence-corrected chi connectivity index (χ4v) is 1.35.